The summed E-state index contributed by atoms with van der Waals surface area (Å²) in [5.74, 6) is 0.853. The third-order valence-corrected chi connectivity index (χ3v) is 3.94. The van der Waals surface area contributed by atoms with E-state index in [-0.39, 0.29) is 5.91 Å². The molecule has 2 rings (SSSR count). The van der Waals surface area contributed by atoms with Crippen LogP contribution in [0.4, 0.5) is 5.13 Å². The van der Waals surface area contributed by atoms with Crippen molar-refractivity contribution in [2.45, 2.75) is 26.2 Å². The molecule has 2 aromatic rings. The first-order chi connectivity index (χ1) is 10.7. The number of ether oxygens (including phenoxy) is 2. The van der Waals surface area contributed by atoms with E-state index in [1.807, 2.05) is 0 Å². The fraction of sp³-hybridized carbons (Fsp3) is 0.400. The number of methoxy groups -OCH3 is 2. The van der Waals surface area contributed by atoms with Gasteiger partial charge in [0.25, 0.3) is 5.91 Å². The van der Waals surface area contributed by atoms with Gasteiger partial charge < -0.3 is 9.47 Å². The third-order valence-electron chi connectivity index (χ3n) is 3.05. The third kappa shape index (κ3) is 4.17. The van der Waals surface area contributed by atoms with Crippen molar-refractivity contribution in [2.24, 2.45) is 0 Å². The van der Waals surface area contributed by atoms with Crippen molar-refractivity contribution in [1.29, 1.82) is 0 Å². The van der Waals surface area contributed by atoms with E-state index in [0.29, 0.717) is 22.2 Å². The Labute approximate surface area is 133 Å². The van der Waals surface area contributed by atoms with Crippen LogP contribution >= 0.6 is 11.3 Å². The Bertz CT molecular complexity index is 620. The highest BCUT2D eigenvalue weighted by Gasteiger charge is 2.12. The summed E-state index contributed by atoms with van der Waals surface area (Å²) in [6.07, 6.45) is 3.05. The number of anilines is 1. The predicted molar refractivity (Wildman–Crippen MR) is 86.0 cm³/mol. The Morgan fingerprint density at radius 3 is 2.45 bits per heavy atom. The zero-order chi connectivity index (χ0) is 15.9. The van der Waals surface area contributed by atoms with Crippen LogP contribution in [0.1, 0.15) is 35.1 Å². The first kappa shape index (κ1) is 16.2. The van der Waals surface area contributed by atoms with Crippen LogP contribution in [-0.4, -0.2) is 30.3 Å². The van der Waals surface area contributed by atoms with Crippen LogP contribution in [0.15, 0.2) is 18.2 Å². The largest absolute Gasteiger partial charge is 0.497 e. The van der Waals surface area contributed by atoms with Crippen molar-refractivity contribution in [2.75, 3.05) is 19.5 Å². The molecule has 22 heavy (non-hydrogen) atoms. The predicted octanol–water partition coefficient (Wildman–Crippen LogP) is 3.15. The molecule has 0 radical (unpaired) electrons. The van der Waals surface area contributed by atoms with Crippen LogP contribution < -0.4 is 14.8 Å². The highest BCUT2D eigenvalue weighted by molar-refractivity contribution is 7.15. The summed E-state index contributed by atoms with van der Waals surface area (Å²) in [4.78, 5) is 12.3. The lowest BCUT2D eigenvalue weighted by molar-refractivity contribution is 0.102. The van der Waals surface area contributed by atoms with Gasteiger partial charge in [0.1, 0.15) is 16.5 Å². The lowest BCUT2D eigenvalue weighted by Crippen LogP contribution is -2.12. The van der Waals surface area contributed by atoms with Crippen molar-refractivity contribution in [3.05, 3.63) is 28.8 Å². The Hall–Kier alpha value is -2.15. The van der Waals surface area contributed by atoms with Crippen molar-refractivity contribution in [3.8, 4) is 11.5 Å². The zero-order valence-electron chi connectivity index (χ0n) is 12.9. The van der Waals surface area contributed by atoms with E-state index < -0.39 is 0 Å². The van der Waals surface area contributed by atoms with Gasteiger partial charge in [0, 0.05) is 18.1 Å². The number of nitrogens with one attached hydrogen (secondary N) is 1. The second-order valence-corrected chi connectivity index (χ2v) is 5.72. The van der Waals surface area contributed by atoms with E-state index in [2.05, 4.69) is 22.4 Å². The lowest BCUT2D eigenvalue weighted by atomic mass is 10.2. The van der Waals surface area contributed by atoms with Gasteiger partial charge in [0.05, 0.1) is 14.2 Å². The van der Waals surface area contributed by atoms with Crippen molar-refractivity contribution in [3.63, 3.8) is 0 Å². The lowest BCUT2D eigenvalue weighted by Gasteiger charge is -2.07. The number of rotatable bonds is 7. The van der Waals surface area contributed by atoms with Crippen LogP contribution in [0.3, 0.4) is 0 Å². The molecule has 0 unspecified atom stereocenters. The number of hydrogen-bond donors (Lipinski definition) is 1. The molecule has 6 nitrogen and oxygen atoms in total. The summed E-state index contributed by atoms with van der Waals surface area (Å²) in [6.45, 7) is 2.12. The number of aromatic nitrogens is 2. The normalized spacial score (nSPS) is 10.3. The Morgan fingerprint density at radius 1 is 1.18 bits per heavy atom. The molecule has 1 aromatic carbocycles. The molecule has 0 saturated heterocycles. The summed E-state index contributed by atoms with van der Waals surface area (Å²) < 4.78 is 10.3. The monoisotopic (exact) mass is 321 g/mol. The Balaban J connectivity index is 2.09. The van der Waals surface area contributed by atoms with E-state index >= 15 is 0 Å². The molecule has 0 saturated carbocycles. The molecule has 0 atom stereocenters. The van der Waals surface area contributed by atoms with Gasteiger partial charge in [0.15, 0.2) is 0 Å². The number of hydrogen-bond acceptors (Lipinski definition) is 6. The van der Waals surface area contributed by atoms with Crippen LogP contribution in [0.5, 0.6) is 11.5 Å². The molecule has 0 aliphatic heterocycles. The molecular weight excluding hydrogens is 302 g/mol. The maximum atomic E-state index is 12.3. The molecular formula is C15H19N3O3S. The molecule has 0 aliphatic rings. The Kier molecular flexibility index (Phi) is 5.71. The molecule has 7 heteroatoms. The summed E-state index contributed by atoms with van der Waals surface area (Å²) >= 11 is 1.40. The molecule has 0 spiro atoms. The van der Waals surface area contributed by atoms with Gasteiger partial charge in [-0.05, 0) is 18.6 Å². The number of unbranched alkanes of at least 4 members (excludes halogenated alkanes) is 1. The van der Waals surface area contributed by atoms with E-state index in [0.717, 1.165) is 24.3 Å². The fourth-order valence-electron chi connectivity index (χ4n) is 1.84. The van der Waals surface area contributed by atoms with Crippen LogP contribution in [0.2, 0.25) is 0 Å². The van der Waals surface area contributed by atoms with Crippen LogP contribution in [0.25, 0.3) is 0 Å². The van der Waals surface area contributed by atoms with E-state index in [1.54, 1.807) is 32.4 Å². The van der Waals surface area contributed by atoms with Gasteiger partial charge >= 0.3 is 0 Å². The van der Waals surface area contributed by atoms with Crippen molar-refractivity contribution >= 4 is 22.4 Å². The average molecular weight is 321 g/mol. The molecule has 1 heterocycles. The minimum Gasteiger partial charge on any atom is -0.497 e. The van der Waals surface area contributed by atoms with Crippen LogP contribution in [0, 0.1) is 0 Å². The van der Waals surface area contributed by atoms with Crippen LogP contribution in [-0.2, 0) is 6.42 Å². The SMILES string of the molecule is CCCCc1nnc(NC(=O)c2cc(OC)cc(OC)c2)s1. The van der Waals surface area contributed by atoms with E-state index in [1.165, 1.54) is 11.3 Å². The summed E-state index contributed by atoms with van der Waals surface area (Å²) in [6, 6.07) is 5.01. The number of amides is 1. The van der Waals surface area contributed by atoms with Gasteiger partial charge in [0.2, 0.25) is 5.13 Å². The first-order valence-electron chi connectivity index (χ1n) is 7.03. The standard InChI is InChI=1S/C15H19N3O3S/c1-4-5-6-13-17-18-15(22-13)16-14(19)10-7-11(20-2)9-12(8-10)21-3/h7-9H,4-6H2,1-3H3,(H,16,18,19). The highest BCUT2D eigenvalue weighted by Crippen LogP contribution is 2.24. The van der Waals surface area contributed by atoms with Gasteiger partial charge in [-0.25, -0.2) is 0 Å². The van der Waals surface area contributed by atoms with E-state index in [9.17, 15) is 4.79 Å². The van der Waals surface area contributed by atoms with Gasteiger partial charge in [-0.2, -0.15) is 0 Å². The van der Waals surface area contributed by atoms with Gasteiger partial charge in [-0.1, -0.05) is 24.7 Å². The van der Waals surface area contributed by atoms with Gasteiger partial charge in [-0.3, -0.25) is 10.1 Å². The Morgan fingerprint density at radius 2 is 1.86 bits per heavy atom. The zero-order valence-corrected chi connectivity index (χ0v) is 13.7. The number of aryl methyl sites for hydroxylation is 1. The van der Waals surface area contributed by atoms with Gasteiger partial charge in [-0.15, -0.1) is 10.2 Å². The quantitative estimate of drug-likeness (QED) is 0.848. The summed E-state index contributed by atoms with van der Waals surface area (Å²) in [5, 5.41) is 12.2. The first-order valence-corrected chi connectivity index (χ1v) is 7.84. The van der Waals surface area contributed by atoms with E-state index in [4.69, 9.17) is 9.47 Å². The van der Waals surface area contributed by atoms with Crippen molar-refractivity contribution in [1.82, 2.24) is 10.2 Å². The second-order valence-electron chi connectivity index (χ2n) is 4.66. The number of benzene rings is 1. The molecule has 0 aliphatic carbocycles. The smallest absolute Gasteiger partial charge is 0.257 e. The number of carbonyl (C=O) groups excluding carboxylic acids is 1. The summed E-state index contributed by atoms with van der Waals surface area (Å²) in [7, 11) is 3.09. The molecule has 118 valence electrons. The highest BCUT2D eigenvalue weighted by atomic mass is 32.1. The fourth-order valence-corrected chi connectivity index (χ4v) is 2.62. The number of nitrogens with zero attached hydrogens (tertiary/aromatic N) is 2. The summed E-state index contributed by atoms with van der Waals surface area (Å²) in [5.41, 5.74) is 0.446. The molecule has 1 aromatic heterocycles. The maximum Gasteiger partial charge on any atom is 0.257 e. The molecule has 0 bridgehead atoms. The minimum atomic E-state index is -0.268. The second kappa shape index (κ2) is 7.74. The van der Waals surface area contributed by atoms with Crippen molar-refractivity contribution < 1.29 is 14.3 Å². The molecule has 1 amide bonds. The molecule has 1 N–H and O–H groups in total. The number of carbonyl (C=O) groups is 1. The maximum absolute atomic E-state index is 12.3. The topological polar surface area (TPSA) is 73.3 Å². The minimum absolute atomic E-state index is 0.268. The average Bonchev–Trinajstić information content (AvgIpc) is 2.99. The molecule has 0 fully saturated rings.